The largest absolute Gasteiger partial charge is 0.490 e. The Labute approximate surface area is 223 Å². The molecule has 0 saturated heterocycles. The first kappa shape index (κ1) is 25.9. The Bertz CT molecular complexity index is 1360. The molecule has 0 aliphatic carbocycles. The Kier molecular flexibility index (Phi) is 8.21. The highest BCUT2D eigenvalue weighted by Gasteiger charge is 2.31. The van der Waals surface area contributed by atoms with Crippen LogP contribution >= 0.6 is 15.9 Å². The van der Waals surface area contributed by atoms with Crippen molar-refractivity contribution in [3.05, 3.63) is 87.7 Å². The van der Waals surface area contributed by atoms with E-state index in [0.717, 1.165) is 10.0 Å². The van der Waals surface area contributed by atoms with Crippen LogP contribution < -0.4 is 29.4 Å². The van der Waals surface area contributed by atoms with E-state index in [1.165, 1.54) is 0 Å². The van der Waals surface area contributed by atoms with Crippen molar-refractivity contribution in [1.82, 2.24) is 0 Å². The van der Waals surface area contributed by atoms with Crippen LogP contribution in [0.2, 0.25) is 0 Å². The van der Waals surface area contributed by atoms with Crippen LogP contribution in [0.3, 0.4) is 0 Å². The van der Waals surface area contributed by atoms with Crippen LogP contribution in [-0.4, -0.2) is 25.8 Å². The summed E-state index contributed by atoms with van der Waals surface area (Å²) < 4.78 is 29.0. The first-order valence-corrected chi connectivity index (χ1v) is 12.4. The maximum absolute atomic E-state index is 12.4. The van der Waals surface area contributed by atoms with E-state index in [4.69, 9.17) is 29.4 Å². The summed E-state index contributed by atoms with van der Waals surface area (Å²) in [6, 6.07) is 19.7. The van der Waals surface area contributed by atoms with E-state index in [1.54, 1.807) is 30.3 Å². The molecule has 0 saturated carbocycles. The van der Waals surface area contributed by atoms with E-state index < -0.39 is 11.9 Å². The molecule has 3 aromatic rings. The van der Waals surface area contributed by atoms with Gasteiger partial charge in [-0.15, -0.1) is 0 Å². The summed E-state index contributed by atoms with van der Waals surface area (Å²) in [5.74, 6) is 1.27. The summed E-state index contributed by atoms with van der Waals surface area (Å²) in [5, 5.41) is 9.86. The quantitative estimate of drug-likeness (QED) is 0.269. The van der Waals surface area contributed by atoms with Crippen molar-refractivity contribution < 1.29 is 28.5 Å². The molecule has 1 aliphatic rings. The highest BCUT2D eigenvalue weighted by Crippen LogP contribution is 2.45. The lowest BCUT2D eigenvalue weighted by Gasteiger charge is -2.27. The number of halogens is 1. The first-order valence-electron chi connectivity index (χ1n) is 11.6. The zero-order valence-electron chi connectivity index (χ0n) is 20.3. The monoisotopic (exact) mass is 564 g/mol. The molecule has 0 amide bonds. The maximum Gasteiger partial charge on any atom is 0.349 e. The third-order valence-corrected chi connectivity index (χ3v) is 6.02. The number of fused-ring (bicyclic) bond motifs is 1. The zero-order valence-corrected chi connectivity index (χ0v) is 21.9. The van der Waals surface area contributed by atoms with Crippen LogP contribution in [0.5, 0.6) is 28.7 Å². The molecule has 8 nitrogen and oxygen atoms in total. The van der Waals surface area contributed by atoms with E-state index in [1.807, 2.05) is 44.2 Å². The minimum atomic E-state index is -0.579. The molecule has 4 rings (SSSR count). The average Bonchev–Trinajstić information content (AvgIpc) is 2.89. The number of rotatable bonds is 9. The Morgan fingerprint density at radius 2 is 1.68 bits per heavy atom. The molecule has 1 heterocycles. The molecular formula is C28H25BrN2O6. The molecule has 37 heavy (non-hydrogen) atoms. The minimum Gasteiger partial charge on any atom is -0.490 e. The van der Waals surface area contributed by atoms with Crippen molar-refractivity contribution in [3.63, 3.8) is 0 Å². The number of ether oxygens (including phenoxy) is 5. The van der Waals surface area contributed by atoms with Gasteiger partial charge in [-0.2, -0.15) is 5.26 Å². The molecule has 0 radical (unpaired) electrons. The maximum atomic E-state index is 12.4. The number of carbonyl (C=O) groups excluding carboxylic acids is 1. The zero-order chi connectivity index (χ0) is 26.4. The van der Waals surface area contributed by atoms with Crippen LogP contribution in [0.1, 0.15) is 30.9 Å². The van der Waals surface area contributed by atoms with Crippen LogP contribution in [0.4, 0.5) is 0 Å². The first-order chi connectivity index (χ1) is 17.9. The van der Waals surface area contributed by atoms with Gasteiger partial charge in [0.1, 0.15) is 28.9 Å². The fourth-order valence-corrected chi connectivity index (χ4v) is 4.19. The number of nitrogens with two attached hydrogens (primary N) is 1. The Morgan fingerprint density at radius 1 is 0.973 bits per heavy atom. The van der Waals surface area contributed by atoms with Crippen molar-refractivity contribution >= 4 is 21.9 Å². The van der Waals surface area contributed by atoms with Gasteiger partial charge in [0.15, 0.2) is 18.1 Å². The van der Waals surface area contributed by atoms with Crippen molar-refractivity contribution in [1.29, 1.82) is 5.26 Å². The second kappa shape index (κ2) is 11.7. The van der Waals surface area contributed by atoms with Gasteiger partial charge < -0.3 is 29.4 Å². The molecule has 0 spiro atoms. The number of esters is 1. The number of benzene rings is 3. The van der Waals surface area contributed by atoms with Crippen LogP contribution in [0.25, 0.3) is 0 Å². The van der Waals surface area contributed by atoms with Crippen LogP contribution in [-0.2, 0) is 4.79 Å². The fourth-order valence-electron chi connectivity index (χ4n) is 3.92. The van der Waals surface area contributed by atoms with Crippen molar-refractivity contribution in [2.75, 3.05) is 19.8 Å². The van der Waals surface area contributed by atoms with E-state index in [2.05, 4.69) is 22.0 Å². The Morgan fingerprint density at radius 3 is 2.38 bits per heavy atom. The second-order valence-electron chi connectivity index (χ2n) is 7.91. The van der Waals surface area contributed by atoms with E-state index in [0.29, 0.717) is 41.8 Å². The third-order valence-electron chi connectivity index (χ3n) is 5.49. The van der Waals surface area contributed by atoms with Crippen LogP contribution in [0.15, 0.2) is 76.6 Å². The molecule has 9 heteroatoms. The third kappa shape index (κ3) is 5.98. The van der Waals surface area contributed by atoms with Gasteiger partial charge in [0.05, 0.1) is 19.1 Å². The molecule has 3 aromatic carbocycles. The summed E-state index contributed by atoms with van der Waals surface area (Å²) in [6.45, 7) is 4.46. The second-order valence-corrected chi connectivity index (χ2v) is 8.83. The van der Waals surface area contributed by atoms with Crippen molar-refractivity contribution in [3.8, 4) is 34.8 Å². The lowest BCUT2D eigenvalue weighted by atomic mass is 9.83. The van der Waals surface area contributed by atoms with E-state index in [9.17, 15) is 10.1 Å². The molecule has 190 valence electrons. The summed E-state index contributed by atoms with van der Waals surface area (Å²) in [4.78, 5) is 12.4. The summed E-state index contributed by atoms with van der Waals surface area (Å²) in [5.41, 5.74) is 7.88. The highest BCUT2D eigenvalue weighted by molar-refractivity contribution is 9.10. The molecule has 0 aromatic heterocycles. The van der Waals surface area contributed by atoms with Gasteiger partial charge in [-0.3, -0.25) is 0 Å². The smallest absolute Gasteiger partial charge is 0.349 e. The molecular weight excluding hydrogens is 540 g/mol. The fraction of sp³-hybridized carbons (Fsp3) is 0.214. The molecule has 0 bridgehead atoms. The van der Waals surface area contributed by atoms with E-state index >= 15 is 0 Å². The van der Waals surface area contributed by atoms with Gasteiger partial charge in [0.25, 0.3) is 0 Å². The number of nitriles is 1. The van der Waals surface area contributed by atoms with Gasteiger partial charge in [-0.1, -0.05) is 28.1 Å². The molecule has 1 atom stereocenters. The van der Waals surface area contributed by atoms with E-state index in [-0.39, 0.29) is 23.8 Å². The minimum absolute atomic E-state index is 0.0195. The Balaban J connectivity index is 1.58. The number of carbonyl (C=O) groups is 1. The van der Waals surface area contributed by atoms with Gasteiger partial charge in [0, 0.05) is 16.1 Å². The number of hydrogen-bond donors (Lipinski definition) is 1. The highest BCUT2D eigenvalue weighted by atomic mass is 79.9. The average molecular weight is 565 g/mol. The summed E-state index contributed by atoms with van der Waals surface area (Å²) in [7, 11) is 0. The molecule has 1 aliphatic heterocycles. The normalized spacial score (nSPS) is 14.2. The summed E-state index contributed by atoms with van der Waals surface area (Å²) >= 11 is 3.35. The topological polar surface area (TPSA) is 113 Å². The predicted molar refractivity (Wildman–Crippen MR) is 140 cm³/mol. The number of allylic oxidation sites excluding steroid dienone is 1. The summed E-state index contributed by atoms with van der Waals surface area (Å²) in [6.07, 6.45) is 0. The van der Waals surface area contributed by atoms with Gasteiger partial charge in [-0.25, -0.2) is 4.79 Å². The van der Waals surface area contributed by atoms with Crippen molar-refractivity contribution in [2.24, 2.45) is 5.73 Å². The Hall–Kier alpha value is -4.16. The SMILES string of the molecule is CCOc1ccc(C2C(C#N)=C(N)Oc3cc(OC(=O)COc4ccc(Br)cc4)ccc32)cc1OCC. The number of nitrogens with zero attached hydrogens (tertiary/aromatic N) is 1. The lowest BCUT2D eigenvalue weighted by molar-refractivity contribution is -0.136. The van der Waals surface area contributed by atoms with Gasteiger partial charge >= 0.3 is 5.97 Å². The number of hydrogen-bond acceptors (Lipinski definition) is 8. The van der Waals surface area contributed by atoms with Gasteiger partial charge in [0.2, 0.25) is 5.88 Å². The predicted octanol–water partition coefficient (Wildman–Crippen LogP) is 5.45. The van der Waals surface area contributed by atoms with Gasteiger partial charge in [-0.05, 0) is 61.9 Å². The molecule has 2 N–H and O–H groups in total. The standard InChI is InChI=1S/C28H25BrN2O6/c1-3-33-23-12-5-17(13-25(23)34-4-2)27-21-11-10-20(14-24(21)37-28(31)22(27)15-30)36-26(32)16-35-19-8-6-18(29)7-9-19/h5-14,27H,3-4,16,31H2,1-2H3. The van der Waals surface area contributed by atoms with Crippen molar-refractivity contribution in [2.45, 2.75) is 19.8 Å². The lowest BCUT2D eigenvalue weighted by Crippen LogP contribution is -2.22. The molecule has 1 unspecified atom stereocenters. The van der Waals surface area contributed by atoms with Crippen LogP contribution in [0, 0.1) is 11.3 Å². The molecule has 0 fully saturated rings.